The van der Waals surface area contributed by atoms with Crippen molar-refractivity contribution in [1.82, 2.24) is 9.80 Å². The number of phenolic OH excluding ortho intramolecular Hbond substituents is 2. The van der Waals surface area contributed by atoms with Gasteiger partial charge in [-0.15, -0.1) is 0 Å². The van der Waals surface area contributed by atoms with Crippen molar-refractivity contribution in [2.75, 3.05) is 42.3 Å². The van der Waals surface area contributed by atoms with Crippen molar-refractivity contribution in [1.29, 1.82) is 0 Å². The minimum Gasteiger partial charge on any atom is -0.508 e. The van der Waals surface area contributed by atoms with E-state index in [1.807, 2.05) is 52.1 Å². The van der Waals surface area contributed by atoms with E-state index in [4.69, 9.17) is 10.2 Å². The van der Waals surface area contributed by atoms with Crippen molar-refractivity contribution in [3.05, 3.63) is 24.3 Å². The van der Waals surface area contributed by atoms with E-state index < -0.39 is 0 Å². The first-order chi connectivity index (χ1) is 7.25. The number of phenols is 2. The number of hydrogen-bond acceptors (Lipinski definition) is 4. The fourth-order valence-electron chi connectivity index (χ4n) is 0.453. The second-order valence-electron chi connectivity index (χ2n) is 4.20. The van der Waals surface area contributed by atoms with E-state index in [-0.39, 0.29) is 11.5 Å². The average molecular weight is 228 g/mol. The summed E-state index contributed by atoms with van der Waals surface area (Å²) in [6.07, 6.45) is 0. The van der Waals surface area contributed by atoms with Gasteiger partial charge in [-0.2, -0.15) is 0 Å². The summed E-state index contributed by atoms with van der Waals surface area (Å²) >= 11 is 0. The van der Waals surface area contributed by atoms with Crippen molar-refractivity contribution in [3.8, 4) is 11.5 Å². The molecule has 4 heteroatoms. The summed E-state index contributed by atoms with van der Waals surface area (Å²) in [6.45, 7) is 0. The summed E-state index contributed by atoms with van der Waals surface area (Å²) < 4.78 is 0. The largest absolute Gasteiger partial charge is 0.508 e. The van der Waals surface area contributed by atoms with E-state index in [0.717, 1.165) is 0 Å². The lowest BCUT2D eigenvalue weighted by Crippen LogP contribution is -1.99. The predicted octanol–water partition coefficient (Wildman–Crippen LogP) is 1.45. The first kappa shape index (κ1) is 17.1. The summed E-state index contributed by atoms with van der Waals surface area (Å²) in [5.41, 5.74) is 0. The quantitative estimate of drug-likeness (QED) is 0.660. The molecule has 94 valence electrons. The minimum absolute atomic E-state index is 0.169. The Morgan fingerprint density at radius 3 is 0.875 bits per heavy atom. The number of hydrogen-bond donors (Lipinski definition) is 2. The monoisotopic (exact) mass is 228 g/mol. The number of aromatic hydroxyl groups is 2. The topological polar surface area (TPSA) is 46.9 Å². The Hall–Kier alpha value is -1.26. The van der Waals surface area contributed by atoms with E-state index in [2.05, 4.69) is 0 Å². The van der Waals surface area contributed by atoms with Crippen LogP contribution in [0.1, 0.15) is 0 Å². The zero-order valence-electron chi connectivity index (χ0n) is 11.1. The maximum absolute atomic E-state index is 8.65. The molecule has 0 atom stereocenters. The fourth-order valence-corrected chi connectivity index (χ4v) is 0.453. The summed E-state index contributed by atoms with van der Waals surface area (Å²) in [4.78, 5) is 4.00. The SMILES string of the molecule is CN(C)C.CN(C)C.Oc1ccc(O)cc1. The molecule has 0 saturated heterocycles. The molecule has 1 rings (SSSR count). The lowest BCUT2D eigenvalue weighted by molar-refractivity contribution is 0.460. The van der Waals surface area contributed by atoms with Gasteiger partial charge in [0.1, 0.15) is 11.5 Å². The zero-order valence-corrected chi connectivity index (χ0v) is 11.1. The van der Waals surface area contributed by atoms with Crippen LogP contribution in [0.15, 0.2) is 24.3 Å². The predicted molar refractivity (Wildman–Crippen MR) is 69.0 cm³/mol. The standard InChI is InChI=1S/C6H6O2.2C3H9N/c7-5-1-2-6(8)4-3-5;2*1-4(2)3/h1-4,7-8H;2*1-3H3. The summed E-state index contributed by atoms with van der Waals surface area (Å²) in [5, 5.41) is 17.3. The molecule has 0 aliphatic carbocycles. The highest BCUT2D eigenvalue weighted by Gasteiger charge is 1.84. The maximum atomic E-state index is 8.65. The van der Waals surface area contributed by atoms with E-state index in [1.54, 1.807) is 0 Å². The highest BCUT2D eigenvalue weighted by Crippen LogP contribution is 2.13. The third-order valence-corrected chi connectivity index (χ3v) is 0.850. The molecule has 2 N–H and O–H groups in total. The van der Waals surface area contributed by atoms with Gasteiger partial charge in [0.05, 0.1) is 0 Å². The fraction of sp³-hybridized carbons (Fsp3) is 0.500. The van der Waals surface area contributed by atoms with Crippen molar-refractivity contribution >= 4 is 0 Å². The Balaban J connectivity index is 0. The van der Waals surface area contributed by atoms with Gasteiger partial charge in [0.25, 0.3) is 0 Å². The van der Waals surface area contributed by atoms with Crippen LogP contribution in [0.5, 0.6) is 11.5 Å². The van der Waals surface area contributed by atoms with Crippen LogP contribution in [0.2, 0.25) is 0 Å². The number of nitrogens with zero attached hydrogens (tertiary/aromatic N) is 2. The lowest BCUT2D eigenvalue weighted by Gasteiger charge is -1.90. The molecule has 16 heavy (non-hydrogen) atoms. The number of rotatable bonds is 0. The van der Waals surface area contributed by atoms with Crippen LogP contribution in [0.25, 0.3) is 0 Å². The van der Waals surface area contributed by atoms with Crippen molar-refractivity contribution < 1.29 is 10.2 Å². The molecule has 1 aromatic rings. The molecule has 0 unspecified atom stereocenters. The van der Waals surface area contributed by atoms with E-state index in [1.165, 1.54) is 24.3 Å². The Kier molecular flexibility index (Phi) is 11.0. The Morgan fingerprint density at radius 1 is 0.625 bits per heavy atom. The minimum atomic E-state index is 0.169. The lowest BCUT2D eigenvalue weighted by atomic mass is 10.3. The second kappa shape index (κ2) is 10.3. The van der Waals surface area contributed by atoms with Gasteiger partial charge in [0.2, 0.25) is 0 Å². The van der Waals surface area contributed by atoms with Crippen LogP contribution < -0.4 is 0 Å². The van der Waals surface area contributed by atoms with Crippen LogP contribution in [0.3, 0.4) is 0 Å². The second-order valence-corrected chi connectivity index (χ2v) is 4.20. The highest BCUT2D eigenvalue weighted by molar-refractivity contribution is 5.28. The first-order valence-electron chi connectivity index (χ1n) is 4.95. The molecule has 0 fully saturated rings. The van der Waals surface area contributed by atoms with Crippen LogP contribution in [0, 0.1) is 0 Å². The smallest absolute Gasteiger partial charge is 0.115 e. The van der Waals surface area contributed by atoms with Gasteiger partial charge >= 0.3 is 0 Å². The van der Waals surface area contributed by atoms with Crippen LogP contribution in [-0.2, 0) is 0 Å². The van der Waals surface area contributed by atoms with Crippen LogP contribution in [-0.4, -0.2) is 62.3 Å². The van der Waals surface area contributed by atoms with Crippen molar-refractivity contribution in [3.63, 3.8) is 0 Å². The van der Waals surface area contributed by atoms with E-state index in [9.17, 15) is 0 Å². The molecule has 1 aromatic carbocycles. The Labute approximate surface area is 98.7 Å². The van der Waals surface area contributed by atoms with E-state index in [0.29, 0.717) is 0 Å². The molecular formula is C12H24N2O2. The molecule has 0 saturated carbocycles. The molecular weight excluding hydrogens is 204 g/mol. The average Bonchev–Trinajstić information content (AvgIpc) is 2.08. The zero-order chi connectivity index (χ0) is 13.1. The first-order valence-corrected chi connectivity index (χ1v) is 4.95. The van der Waals surface area contributed by atoms with Gasteiger partial charge in [-0.3, -0.25) is 0 Å². The summed E-state index contributed by atoms with van der Waals surface area (Å²) in [5.74, 6) is 0.339. The van der Waals surface area contributed by atoms with Gasteiger partial charge in [-0.1, -0.05) is 0 Å². The summed E-state index contributed by atoms with van der Waals surface area (Å²) in [7, 11) is 12.0. The molecule has 0 aliphatic rings. The third-order valence-electron chi connectivity index (χ3n) is 0.850. The normalized spacial score (nSPS) is 9.00. The molecule has 0 amide bonds. The van der Waals surface area contributed by atoms with Gasteiger partial charge < -0.3 is 20.0 Å². The third kappa shape index (κ3) is 23.0. The highest BCUT2D eigenvalue weighted by atomic mass is 16.3. The Morgan fingerprint density at radius 2 is 0.750 bits per heavy atom. The van der Waals surface area contributed by atoms with E-state index >= 15 is 0 Å². The molecule has 0 aliphatic heterocycles. The Bertz CT molecular complexity index is 213. The van der Waals surface area contributed by atoms with Gasteiger partial charge in [0, 0.05) is 0 Å². The van der Waals surface area contributed by atoms with Crippen molar-refractivity contribution in [2.45, 2.75) is 0 Å². The van der Waals surface area contributed by atoms with Crippen LogP contribution in [0.4, 0.5) is 0 Å². The molecule has 0 heterocycles. The van der Waals surface area contributed by atoms with Gasteiger partial charge in [-0.25, -0.2) is 0 Å². The summed E-state index contributed by atoms with van der Waals surface area (Å²) in [6, 6.07) is 5.70. The molecule has 0 spiro atoms. The molecule has 0 radical (unpaired) electrons. The van der Waals surface area contributed by atoms with Gasteiger partial charge in [0.15, 0.2) is 0 Å². The van der Waals surface area contributed by atoms with Crippen molar-refractivity contribution in [2.24, 2.45) is 0 Å². The number of benzene rings is 1. The molecule has 0 aromatic heterocycles. The maximum Gasteiger partial charge on any atom is 0.115 e. The van der Waals surface area contributed by atoms with Crippen LogP contribution >= 0.6 is 0 Å². The molecule has 0 bridgehead atoms. The van der Waals surface area contributed by atoms with Gasteiger partial charge in [-0.05, 0) is 66.6 Å². The molecule has 4 nitrogen and oxygen atoms in total.